The molecule has 0 spiro atoms. The zero-order chi connectivity index (χ0) is 22.0. The SMILES string of the molecule is COCc1nc2ccc(Br)cc2n1CC(C)(C)CO[Si](C(C)C)(C(C)C)C(C)C. The standard InChI is InChI=1S/C23H39BrN2O2Si/c1-16(2)29(17(3)4,18(5)6)28-15-23(7,8)14-26-21-12-19(24)10-11-20(21)25-22(26)13-27-9/h10-12,16-18H,13-15H2,1-9H3. The Morgan fingerprint density at radius 2 is 1.66 bits per heavy atom. The molecule has 29 heavy (non-hydrogen) atoms. The molecule has 1 aromatic heterocycles. The van der Waals surface area contributed by atoms with Crippen molar-refractivity contribution in [3.8, 4) is 0 Å². The van der Waals surface area contributed by atoms with Crippen LogP contribution >= 0.6 is 15.9 Å². The molecule has 2 aromatic rings. The minimum absolute atomic E-state index is 0.0185. The van der Waals surface area contributed by atoms with Gasteiger partial charge in [-0.3, -0.25) is 0 Å². The van der Waals surface area contributed by atoms with Gasteiger partial charge in [0.15, 0.2) is 8.32 Å². The van der Waals surface area contributed by atoms with Crippen LogP contribution in [0.3, 0.4) is 0 Å². The monoisotopic (exact) mass is 482 g/mol. The van der Waals surface area contributed by atoms with Gasteiger partial charge >= 0.3 is 0 Å². The fourth-order valence-corrected chi connectivity index (χ4v) is 10.8. The summed E-state index contributed by atoms with van der Waals surface area (Å²) in [5, 5.41) is 0. The number of halogens is 1. The van der Waals surface area contributed by atoms with Crippen LogP contribution in [0.4, 0.5) is 0 Å². The zero-order valence-corrected chi connectivity index (χ0v) is 22.3. The Morgan fingerprint density at radius 1 is 1.07 bits per heavy atom. The van der Waals surface area contributed by atoms with E-state index in [1.807, 2.05) is 6.07 Å². The Hall–Kier alpha value is -0.693. The second-order valence-corrected chi connectivity index (χ2v) is 16.3. The predicted molar refractivity (Wildman–Crippen MR) is 129 cm³/mol. The Balaban J connectivity index is 2.33. The second kappa shape index (κ2) is 9.63. The average molecular weight is 484 g/mol. The van der Waals surface area contributed by atoms with E-state index in [-0.39, 0.29) is 5.41 Å². The summed E-state index contributed by atoms with van der Waals surface area (Å²) >= 11 is 3.61. The van der Waals surface area contributed by atoms with Gasteiger partial charge in [0.05, 0.1) is 11.0 Å². The van der Waals surface area contributed by atoms with E-state index in [2.05, 4.69) is 88.0 Å². The molecule has 0 aliphatic carbocycles. The van der Waals surface area contributed by atoms with Gasteiger partial charge in [0, 0.05) is 30.1 Å². The summed E-state index contributed by atoms with van der Waals surface area (Å²) < 4.78 is 15.7. The molecule has 0 saturated carbocycles. The van der Waals surface area contributed by atoms with Gasteiger partial charge in [0.1, 0.15) is 12.4 Å². The third kappa shape index (κ3) is 5.33. The van der Waals surface area contributed by atoms with Gasteiger partial charge in [-0.1, -0.05) is 71.3 Å². The first kappa shape index (κ1) is 24.6. The van der Waals surface area contributed by atoms with E-state index in [4.69, 9.17) is 14.1 Å². The van der Waals surface area contributed by atoms with Crippen molar-refractivity contribution in [2.24, 2.45) is 5.41 Å². The van der Waals surface area contributed by atoms with Crippen LogP contribution in [0.25, 0.3) is 11.0 Å². The molecule has 2 rings (SSSR count). The fraction of sp³-hybridized carbons (Fsp3) is 0.696. The predicted octanol–water partition coefficient (Wildman–Crippen LogP) is 7.16. The Bertz CT molecular complexity index is 793. The molecule has 6 heteroatoms. The third-order valence-electron chi connectivity index (χ3n) is 6.07. The number of methoxy groups -OCH3 is 1. The van der Waals surface area contributed by atoms with Gasteiger partial charge in [0.2, 0.25) is 0 Å². The number of fused-ring (bicyclic) bond motifs is 1. The highest BCUT2D eigenvalue weighted by Gasteiger charge is 2.45. The number of hydrogen-bond donors (Lipinski definition) is 0. The van der Waals surface area contributed by atoms with Crippen molar-refractivity contribution in [3.63, 3.8) is 0 Å². The quantitative estimate of drug-likeness (QED) is 0.336. The minimum atomic E-state index is -1.89. The van der Waals surface area contributed by atoms with Gasteiger partial charge in [-0.05, 0) is 34.8 Å². The number of nitrogens with zero attached hydrogens (tertiary/aromatic N) is 2. The van der Waals surface area contributed by atoms with E-state index >= 15 is 0 Å². The Kier molecular flexibility index (Phi) is 8.16. The van der Waals surface area contributed by atoms with Gasteiger partial charge < -0.3 is 13.7 Å². The first-order valence-corrected chi connectivity index (χ1v) is 13.7. The lowest BCUT2D eigenvalue weighted by molar-refractivity contribution is 0.134. The molecule has 1 heterocycles. The maximum Gasteiger partial charge on any atom is 0.200 e. The number of rotatable bonds is 10. The van der Waals surface area contributed by atoms with E-state index in [1.165, 1.54) is 0 Å². The topological polar surface area (TPSA) is 36.3 Å². The van der Waals surface area contributed by atoms with Crippen LogP contribution in [-0.4, -0.2) is 31.6 Å². The Labute approximate surface area is 186 Å². The molecule has 0 aliphatic rings. The molecular formula is C23H39BrN2O2Si. The molecule has 0 saturated heterocycles. The van der Waals surface area contributed by atoms with Crippen LogP contribution in [0.1, 0.15) is 61.2 Å². The molecule has 0 N–H and O–H groups in total. The van der Waals surface area contributed by atoms with E-state index in [0.717, 1.165) is 34.5 Å². The summed E-state index contributed by atoms with van der Waals surface area (Å²) in [6, 6.07) is 6.25. The maximum atomic E-state index is 6.93. The van der Waals surface area contributed by atoms with E-state index in [0.29, 0.717) is 23.2 Å². The summed E-state index contributed by atoms with van der Waals surface area (Å²) in [6.07, 6.45) is 0. The minimum Gasteiger partial charge on any atom is -0.415 e. The highest BCUT2D eigenvalue weighted by molar-refractivity contribution is 9.10. The lowest BCUT2D eigenvalue weighted by atomic mass is 9.95. The summed E-state index contributed by atoms with van der Waals surface area (Å²) in [7, 11) is -0.163. The van der Waals surface area contributed by atoms with Crippen molar-refractivity contribution in [1.82, 2.24) is 9.55 Å². The molecule has 0 fully saturated rings. The number of hydrogen-bond acceptors (Lipinski definition) is 3. The lowest BCUT2D eigenvalue weighted by Gasteiger charge is -2.44. The van der Waals surface area contributed by atoms with Crippen LogP contribution in [0, 0.1) is 5.41 Å². The van der Waals surface area contributed by atoms with Crippen molar-refractivity contribution in [1.29, 1.82) is 0 Å². The molecule has 0 radical (unpaired) electrons. The third-order valence-corrected chi connectivity index (χ3v) is 12.6. The molecule has 1 aromatic carbocycles. The molecule has 0 bridgehead atoms. The maximum absolute atomic E-state index is 6.93. The van der Waals surface area contributed by atoms with Gasteiger partial charge in [-0.15, -0.1) is 0 Å². The van der Waals surface area contributed by atoms with Crippen molar-refractivity contribution >= 4 is 35.3 Å². The highest BCUT2D eigenvalue weighted by Crippen LogP contribution is 2.43. The van der Waals surface area contributed by atoms with Crippen LogP contribution in [0.5, 0.6) is 0 Å². The van der Waals surface area contributed by atoms with Crippen molar-refractivity contribution in [3.05, 3.63) is 28.5 Å². The normalized spacial score (nSPS) is 13.4. The summed E-state index contributed by atoms with van der Waals surface area (Å²) in [4.78, 5) is 4.81. The van der Waals surface area contributed by atoms with Crippen molar-refractivity contribution < 1.29 is 9.16 Å². The number of imidazole rings is 1. The van der Waals surface area contributed by atoms with E-state index < -0.39 is 8.32 Å². The van der Waals surface area contributed by atoms with E-state index in [1.54, 1.807) is 7.11 Å². The fourth-order valence-electron chi connectivity index (χ4n) is 4.86. The van der Waals surface area contributed by atoms with Crippen LogP contribution in [0.2, 0.25) is 16.6 Å². The smallest absolute Gasteiger partial charge is 0.200 e. The summed E-state index contributed by atoms with van der Waals surface area (Å²) in [6.45, 7) is 20.8. The molecule has 0 unspecified atom stereocenters. The number of benzene rings is 1. The average Bonchev–Trinajstić information content (AvgIpc) is 2.91. The van der Waals surface area contributed by atoms with Gasteiger partial charge in [-0.25, -0.2) is 4.98 Å². The first-order valence-electron chi connectivity index (χ1n) is 10.7. The molecule has 0 aliphatic heterocycles. The highest BCUT2D eigenvalue weighted by atomic mass is 79.9. The summed E-state index contributed by atoms with van der Waals surface area (Å²) in [5.74, 6) is 0.966. The first-order chi connectivity index (χ1) is 13.4. The van der Waals surface area contributed by atoms with Crippen LogP contribution in [-0.2, 0) is 22.3 Å². The van der Waals surface area contributed by atoms with Crippen molar-refractivity contribution in [2.45, 2.75) is 85.2 Å². The van der Waals surface area contributed by atoms with Crippen molar-refractivity contribution in [2.75, 3.05) is 13.7 Å². The van der Waals surface area contributed by atoms with Gasteiger partial charge in [-0.2, -0.15) is 0 Å². The number of aromatic nitrogens is 2. The zero-order valence-electron chi connectivity index (χ0n) is 19.7. The molecule has 164 valence electrons. The second-order valence-electron chi connectivity index (χ2n) is 9.95. The van der Waals surface area contributed by atoms with Gasteiger partial charge in [0.25, 0.3) is 0 Å². The molecule has 0 atom stereocenters. The van der Waals surface area contributed by atoms with Crippen LogP contribution in [0.15, 0.2) is 22.7 Å². The Morgan fingerprint density at radius 3 is 2.17 bits per heavy atom. The molecular weight excluding hydrogens is 444 g/mol. The molecule has 0 amide bonds. The largest absolute Gasteiger partial charge is 0.415 e. The lowest BCUT2D eigenvalue weighted by Crippen LogP contribution is -2.49. The van der Waals surface area contributed by atoms with Crippen LogP contribution < -0.4 is 0 Å². The van der Waals surface area contributed by atoms with E-state index in [9.17, 15) is 0 Å². The molecule has 4 nitrogen and oxygen atoms in total. The number of ether oxygens (including phenoxy) is 1. The summed E-state index contributed by atoms with van der Waals surface area (Å²) in [5.41, 5.74) is 3.90.